The van der Waals surface area contributed by atoms with Crippen LogP contribution in [0.15, 0.2) is 24.3 Å². The van der Waals surface area contributed by atoms with E-state index in [9.17, 15) is 4.79 Å². The van der Waals surface area contributed by atoms with Crippen LogP contribution >= 0.6 is 0 Å². The van der Waals surface area contributed by atoms with E-state index in [-0.39, 0.29) is 5.91 Å². The molecular weight excluding hydrogens is 250 g/mol. The van der Waals surface area contributed by atoms with Crippen LogP contribution in [-0.2, 0) is 6.54 Å². The molecule has 0 aliphatic carbocycles. The van der Waals surface area contributed by atoms with E-state index in [1.54, 1.807) is 0 Å². The van der Waals surface area contributed by atoms with E-state index in [1.807, 2.05) is 29.2 Å². The van der Waals surface area contributed by atoms with Gasteiger partial charge in [-0.2, -0.15) is 0 Å². The van der Waals surface area contributed by atoms with Gasteiger partial charge >= 0.3 is 0 Å². The average molecular weight is 273 g/mol. The van der Waals surface area contributed by atoms with E-state index in [0.29, 0.717) is 12.6 Å². The van der Waals surface area contributed by atoms with Gasteiger partial charge in [-0.1, -0.05) is 18.6 Å². The first-order valence-corrected chi connectivity index (χ1v) is 7.60. The fourth-order valence-corrected chi connectivity index (χ4v) is 3.31. The lowest BCUT2D eigenvalue weighted by Crippen LogP contribution is -2.56. The Morgan fingerprint density at radius 3 is 2.70 bits per heavy atom. The number of piperazine rings is 1. The van der Waals surface area contributed by atoms with Crippen molar-refractivity contribution in [2.75, 3.05) is 26.2 Å². The zero-order valence-electron chi connectivity index (χ0n) is 11.9. The van der Waals surface area contributed by atoms with Crippen LogP contribution in [0.4, 0.5) is 0 Å². The highest BCUT2D eigenvalue weighted by Crippen LogP contribution is 2.22. The normalized spacial score (nSPS) is 23.4. The summed E-state index contributed by atoms with van der Waals surface area (Å²) in [6, 6.07) is 8.27. The predicted octanol–water partition coefficient (Wildman–Crippen LogP) is 1.46. The molecule has 0 aromatic heterocycles. The Kier molecular flexibility index (Phi) is 4.03. The van der Waals surface area contributed by atoms with Gasteiger partial charge in [-0.25, -0.2) is 0 Å². The molecule has 0 saturated carbocycles. The van der Waals surface area contributed by atoms with Crippen molar-refractivity contribution in [2.45, 2.75) is 31.8 Å². The number of benzene rings is 1. The minimum Gasteiger partial charge on any atom is -0.336 e. The van der Waals surface area contributed by atoms with Gasteiger partial charge in [0.2, 0.25) is 0 Å². The zero-order valence-corrected chi connectivity index (χ0v) is 11.9. The number of carbonyl (C=O) groups is 1. The minimum atomic E-state index is 0.166. The number of amides is 1. The number of hydrogen-bond donors (Lipinski definition) is 1. The van der Waals surface area contributed by atoms with Gasteiger partial charge in [0, 0.05) is 37.8 Å². The van der Waals surface area contributed by atoms with Crippen molar-refractivity contribution in [1.82, 2.24) is 9.80 Å². The molecule has 2 aliphatic heterocycles. The topological polar surface area (TPSA) is 49.6 Å². The van der Waals surface area contributed by atoms with Crippen molar-refractivity contribution in [3.05, 3.63) is 35.4 Å². The van der Waals surface area contributed by atoms with Crippen LogP contribution in [0, 0.1) is 0 Å². The van der Waals surface area contributed by atoms with Crippen LogP contribution in [0.25, 0.3) is 0 Å². The van der Waals surface area contributed by atoms with E-state index >= 15 is 0 Å². The molecule has 1 unspecified atom stereocenters. The quantitative estimate of drug-likeness (QED) is 0.887. The summed E-state index contributed by atoms with van der Waals surface area (Å²) in [5, 5.41) is 0. The maximum atomic E-state index is 12.6. The highest BCUT2D eigenvalue weighted by molar-refractivity contribution is 5.94. The fraction of sp³-hybridized carbons (Fsp3) is 0.562. The molecule has 3 rings (SSSR count). The van der Waals surface area contributed by atoms with Crippen molar-refractivity contribution in [3.8, 4) is 0 Å². The van der Waals surface area contributed by atoms with E-state index in [2.05, 4.69) is 4.90 Å². The third kappa shape index (κ3) is 2.72. The monoisotopic (exact) mass is 273 g/mol. The van der Waals surface area contributed by atoms with Crippen molar-refractivity contribution in [3.63, 3.8) is 0 Å². The Morgan fingerprint density at radius 1 is 1.15 bits per heavy atom. The highest BCUT2D eigenvalue weighted by Gasteiger charge is 2.31. The Balaban J connectivity index is 1.67. The smallest absolute Gasteiger partial charge is 0.253 e. The van der Waals surface area contributed by atoms with Gasteiger partial charge in [-0.05, 0) is 37.1 Å². The molecule has 2 fully saturated rings. The number of carbonyl (C=O) groups excluding carboxylic acids is 1. The first kappa shape index (κ1) is 13.6. The summed E-state index contributed by atoms with van der Waals surface area (Å²) in [6.45, 7) is 4.50. The number of piperidine rings is 1. The maximum Gasteiger partial charge on any atom is 0.253 e. The van der Waals surface area contributed by atoms with E-state index < -0.39 is 0 Å². The third-order valence-electron chi connectivity index (χ3n) is 4.56. The van der Waals surface area contributed by atoms with Crippen molar-refractivity contribution >= 4 is 5.91 Å². The van der Waals surface area contributed by atoms with Crippen molar-refractivity contribution < 1.29 is 4.79 Å². The molecule has 2 heterocycles. The van der Waals surface area contributed by atoms with Crippen LogP contribution in [0.2, 0.25) is 0 Å². The number of fused-ring (bicyclic) bond motifs is 1. The van der Waals surface area contributed by atoms with Gasteiger partial charge in [0.1, 0.15) is 0 Å². The SMILES string of the molecule is NCc1ccc(C(=O)N2CCN3CCCCC3C2)cc1. The summed E-state index contributed by atoms with van der Waals surface area (Å²) in [5.74, 6) is 0.166. The Morgan fingerprint density at radius 2 is 1.95 bits per heavy atom. The van der Waals surface area contributed by atoms with Gasteiger partial charge < -0.3 is 10.6 Å². The lowest BCUT2D eigenvalue weighted by atomic mass is 9.99. The molecule has 1 atom stereocenters. The Bertz CT molecular complexity index is 471. The second-order valence-corrected chi connectivity index (χ2v) is 5.84. The fourth-order valence-electron chi connectivity index (χ4n) is 3.31. The Hall–Kier alpha value is -1.39. The molecule has 1 aromatic carbocycles. The molecule has 2 N–H and O–H groups in total. The summed E-state index contributed by atoms with van der Waals surface area (Å²) in [7, 11) is 0. The molecule has 1 amide bonds. The van der Waals surface area contributed by atoms with Gasteiger partial charge in [-0.15, -0.1) is 0 Å². The third-order valence-corrected chi connectivity index (χ3v) is 4.56. The standard InChI is InChI=1S/C16H23N3O/c17-11-13-4-6-14(7-5-13)16(20)19-10-9-18-8-2-1-3-15(18)12-19/h4-7,15H,1-3,8-12,17H2. The number of hydrogen-bond acceptors (Lipinski definition) is 3. The summed E-state index contributed by atoms with van der Waals surface area (Å²) in [4.78, 5) is 17.1. The molecule has 2 aliphatic rings. The molecule has 108 valence electrons. The predicted molar refractivity (Wildman–Crippen MR) is 79.4 cm³/mol. The molecule has 4 heteroatoms. The lowest BCUT2D eigenvalue weighted by Gasteiger charge is -2.44. The van der Waals surface area contributed by atoms with Gasteiger partial charge in [0.05, 0.1) is 0 Å². The van der Waals surface area contributed by atoms with E-state index in [0.717, 1.165) is 30.8 Å². The number of rotatable bonds is 2. The molecule has 2 saturated heterocycles. The molecule has 0 spiro atoms. The van der Waals surface area contributed by atoms with Crippen molar-refractivity contribution in [1.29, 1.82) is 0 Å². The molecule has 1 aromatic rings. The number of nitrogens with two attached hydrogens (primary N) is 1. The van der Waals surface area contributed by atoms with Crippen LogP contribution in [-0.4, -0.2) is 47.9 Å². The molecule has 4 nitrogen and oxygen atoms in total. The highest BCUT2D eigenvalue weighted by atomic mass is 16.2. The van der Waals surface area contributed by atoms with Crippen LogP contribution in [0.1, 0.15) is 35.2 Å². The van der Waals surface area contributed by atoms with Crippen LogP contribution < -0.4 is 5.73 Å². The largest absolute Gasteiger partial charge is 0.336 e. The molecule has 0 bridgehead atoms. The molecule has 0 radical (unpaired) electrons. The first-order chi connectivity index (χ1) is 9.78. The summed E-state index contributed by atoms with van der Waals surface area (Å²) in [6.07, 6.45) is 3.84. The first-order valence-electron chi connectivity index (χ1n) is 7.60. The van der Waals surface area contributed by atoms with Gasteiger partial charge in [-0.3, -0.25) is 9.69 Å². The van der Waals surface area contributed by atoms with Crippen LogP contribution in [0.5, 0.6) is 0 Å². The maximum absolute atomic E-state index is 12.6. The second-order valence-electron chi connectivity index (χ2n) is 5.84. The second kappa shape index (κ2) is 5.94. The Labute approximate surface area is 120 Å². The summed E-state index contributed by atoms with van der Waals surface area (Å²) < 4.78 is 0. The molecular formula is C16H23N3O. The van der Waals surface area contributed by atoms with Gasteiger partial charge in [0.15, 0.2) is 0 Å². The van der Waals surface area contributed by atoms with Gasteiger partial charge in [0.25, 0.3) is 5.91 Å². The molecule has 20 heavy (non-hydrogen) atoms. The van der Waals surface area contributed by atoms with Crippen molar-refractivity contribution in [2.24, 2.45) is 5.73 Å². The zero-order chi connectivity index (χ0) is 13.9. The van der Waals surface area contributed by atoms with Crippen LogP contribution in [0.3, 0.4) is 0 Å². The lowest BCUT2D eigenvalue weighted by molar-refractivity contribution is 0.0372. The van der Waals surface area contributed by atoms with E-state index in [1.165, 1.54) is 25.8 Å². The summed E-state index contributed by atoms with van der Waals surface area (Å²) in [5.41, 5.74) is 7.44. The summed E-state index contributed by atoms with van der Waals surface area (Å²) >= 11 is 0. The average Bonchev–Trinajstić information content (AvgIpc) is 2.54. The van der Waals surface area contributed by atoms with E-state index in [4.69, 9.17) is 5.73 Å². The number of nitrogens with zero attached hydrogens (tertiary/aromatic N) is 2. The minimum absolute atomic E-state index is 0.166.